The molecule has 0 aliphatic carbocycles. The van der Waals surface area contributed by atoms with Crippen LogP contribution in [0.25, 0.3) is 16.8 Å². The van der Waals surface area contributed by atoms with Crippen LogP contribution in [0.5, 0.6) is 0 Å². The smallest absolute Gasteiger partial charge is 0.277 e. The Morgan fingerprint density at radius 2 is 2.07 bits per heavy atom. The van der Waals surface area contributed by atoms with Gasteiger partial charge >= 0.3 is 0 Å². The van der Waals surface area contributed by atoms with E-state index in [2.05, 4.69) is 30.9 Å². The number of nitrogens with zero attached hydrogens (tertiary/aromatic N) is 8. The normalized spacial score (nSPS) is 10.9. The molecule has 1 N–H and O–H groups in total. The standard InChI is InChI=1S/C18H17N9O3/c1-25(30-2)17(29)13-5-3-4-12(8-13)14-6-7-15-20-18(22-27(15)9-14)21-16(28)10-26-11-19-23-24-26/h3-9,11H,10H2,1-2H3,(H,21,22,28). The zero-order chi connectivity index (χ0) is 21.1. The molecule has 0 aliphatic heterocycles. The van der Waals surface area contributed by atoms with E-state index >= 15 is 0 Å². The van der Waals surface area contributed by atoms with Crippen LogP contribution < -0.4 is 5.32 Å². The SMILES string of the molecule is CON(C)C(=O)c1cccc(-c2ccc3nc(NC(=O)Cn4cnnn4)nn3c2)c1. The maximum Gasteiger partial charge on any atom is 0.277 e. The van der Waals surface area contributed by atoms with Crippen molar-refractivity contribution in [2.45, 2.75) is 6.54 Å². The monoisotopic (exact) mass is 407 g/mol. The zero-order valence-electron chi connectivity index (χ0n) is 16.1. The van der Waals surface area contributed by atoms with Gasteiger partial charge in [0.05, 0.1) is 7.11 Å². The van der Waals surface area contributed by atoms with E-state index in [4.69, 9.17) is 4.84 Å². The number of carbonyl (C=O) groups is 2. The van der Waals surface area contributed by atoms with E-state index in [0.29, 0.717) is 11.2 Å². The fraction of sp³-hybridized carbons (Fsp3) is 0.167. The lowest BCUT2D eigenvalue weighted by atomic mass is 10.0. The fourth-order valence-corrected chi connectivity index (χ4v) is 2.77. The van der Waals surface area contributed by atoms with Crippen LogP contribution in [0.4, 0.5) is 5.95 Å². The molecule has 12 nitrogen and oxygen atoms in total. The highest BCUT2D eigenvalue weighted by atomic mass is 16.7. The van der Waals surface area contributed by atoms with Crippen molar-refractivity contribution in [3.63, 3.8) is 0 Å². The van der Waals surface area contributed by atoms with Crippen molar-refractivity contribution < 1.29 is 14.4 Å². The molecule has 0 radical (unpaired) electrons. The Morgan fingerprint density at radius 3 is 2.83 bits per heavy atom. The molecule has 0 aliphatic rings. The van der Waals surface area contributed by atoms with Crippen LogP contribution in [0.15, 0.2) is 48.9 Å². The minimum atomic E-state index is -0.355. The molecule has 0 spiro atoms. The predicted molar refractivity (Wildman–Crippen MR) is 104 cm³/mol. The van der Waals surface area contributed by atoms with E-state index in [0.717, 1.165) is 16.2 Å². The first-order valence-corrected chi connectivity index (χ1v) is 8.83. The molecular weight excluding hydrogens is 390 g/mol. The largest absolute Gasteiger partial charge is 0.292 e. The number of nitrogens with one attached hydrogen (secondary N) is 1. The number of benzene rings is 1. The summed E-state index contributed by atoms with van der Waals surface area (Å²) in [5, 5.41) is 18.6. The van der Waals surface area contributed by atoms with Gasteiger partial charge in [-0.3, -0.25) is 19.7 Å². The number of rotatable bonds is 6. The maximum absolute atomic E-state index is 12.3. The summed E-state index contributed by atoms with van der Waals surface area (Å²) in [6.07, 6.45) is 3.11. The average Bonchev–Trinajstić information content (AvgIpc) is 3.41. The molecule has 4 rings (SSSR count). The van der Waals surface area contributed by atoms with E-state index in [9.17, 15) is 9.59 Å². The highest BCUT2D eigenvalue weighted by molar-refractivity contribution is 5.94. The first-order chi connectivity index (χ1) is 14.5. The molecule has 3 heterocycles. The summed E-state index contributed by atoms with van der Waals surface area (Å²) in [7, 11) is 2.98. The van der Waals surface area contributed by atoms with Gasteiger partial charge in [-0.1, -0.05) is 12.1 Å². The van der Waals surface area contributed by atoms with Crippen LogP contribution in [0.3, 0.4) is 0 Å². The minimum Gasteiger partial charge on any atom is -0.292 e. The first kappa shape index (κ1) is 19.1. The van der Waals surface area contributed by atoms with Crippen LogP contribution in [0.1, 0.15) is 10.4 Å². The van der Waals surface area contributed by atoms with Gasteiger partial charge in [0.25, 0.3) is 5.91 Å². The fourth-order valence-electron chi connectivity index (χ4n) is 2.77. The Kier molecular flexibility index (Phi) is 5.13. The van der Waals surface area contributed by atoms with Gasteiger partial charge in [0.2, 0.25) is 11.9 Å². The molecule has 2 amide bonds. The molecule has 0 unspecified atom stereocenters. The van der Waals surface area contributed by atoms with Gasteiger partial charge in [0.1, 0.15) is 12.9 Å². The first-order valence-electron chi connectivity index (χ1n) is 8.83. The second kappa shape index (κ2) is 8.05. The average molecular weight is 407 g/mol. The van der Waals surface area contributed by atoms with Gasteiger partial charge in [-0.25, -0.2) is 14.3 Å². The van der Waals surface area contributed by atoms with E-state index in [1.165, 1.54) is 18.1 Å². The van der Waals surface area contributed by atoms with Crippen LogP contribution >= 0.6 is 0 Å². The summed E-state index contributed by atoms with van der Waals surface area (Å²) in [5.74, 6) is -0.448. The predicted octanol–water partition coefficient (Wildman–Crippen LogP) is 0.655. The Balaban J connectivity index is 1.55. The minimum absolute atomic E-state index is 0.0510. The van der Waals surface area contributed by atoms with Crippen LogP contribution in [0, 0.1) is 0 Å². The third-order valence-corrected chi connectivity index (χ3v) is 4.28. The summed E-state index contributed by atoms with van der Waals surface area (Å²) in [6.45, 7) is -0.0510. The van der Waals surface area contributed by atoms with Crippen LogP contribution in [0.2, 0.25) is 0 Å². The summed E-state index contributed by atoms with van der Waals surface area (Å²) in [6, 6.07) is 10.8. The quantitative estimate of drug-likeness (QED) is 0.461. The summed E-state index contributed by atoms with van der Waals surface area (Å²) in [5.41, 5.74) is 2.70. The highest BCUT2D eigenvalue weighted by Crippen LogP contribution is 2.22. The van der Waals surface area contributed by atoms with Gasteiger partial charge < -0.3 is 0 Å². The second-order valence-electron chi connectivity index (χ2n) is 6.28. The number of hydrogen-bond donors (Lipinski definition) is 1. The van der Waals surface area contributed by atoms with E-state index in [1.54, 1.807) is 42.0 Å². The number of fused-ring (bicyclic) bond motifs is 1. The van der Waals surface area contributed by atoms with Gasteiger partial charge in [-0.15, -0.1) is 10.2 Å². The van der Waals surface area contributed by atoms with E-state index in [1.807, 2.05) is 12.1 Å². The molecule has 0 saturated heterocycles. The number of carbonyl (C=O) groups excluding carboxylic acids is 2. The number of hydroxylamine groups is 2. The van der Waals surface area contributed by atoms with E-state index < -0.39 is 0 Å². The number of anilines is 1. The van der Waals surface area contributed by atoms with Crippen molar-refractivity contribution in [1.29, 1.82) is 0 Å². The molecule has 0 bridgehead atoms. The molecule has 0 saturated carbocycles. The molecule has 1 aromatic carbocycles. The van der Waals surface area contributed by atoms with Crippen molar-refractivity contribution >= 4 is 23.4 Å². The molecule has 0 atom stereocenters. The highest BCUT2D eigenvalue weighted by Gasteiger charge is 2.13. The molecule has 4 aromatic rings. The van der Waals surface area contributed by atoms with Crippen LogP contribution in [-0.4, -0.2) is 65.8 Å². The van der Waals surface area contributed by atoms with E-state index in [-0.39, 0.29) is 24.3 Å². The van der Waals surface area contributed by atoms with Gasteiger partial charge in [-0.2, -0.15) is 4.98 Å². The number of amides is 2. The van der Waals surface area contributed by atoms with Crippen molar-refractivity contribution in [3.05, 3.63) is 54.5 Å². The molecule has 0 fully saturated rings. The lowest BCUT2D eigenvalue weighted by molar-refractivity contribution is -0.117. The third kappa shape index (κ3) is 3.98. The summed E-state index contributed by atoms with van der Waals surface area (Å²) < 4.78 is 2.84. The van der Waals surface area contributed by atoms with Crippen LogP contribution in [-0.2, 0) is 16.2 Å². The van der Waals surface area contributed by atoms with Gasteiger partial charge in [0, 0.05) is 24.4 Å². The van der Waals surface area contributed by atoms with Crippen molar-refractivity contribution in [2.75, 3.05) is 19.5 Å². The maximum atomic E-state index is 12.3. The summed E-state index contributed by atoms with van der Waals surface area (Å²) in [4.78, 5) is 33.6. The zero-order valence-corrected chi connectivity index (χ0v) is 16.1. The van der Waals surface area contributed by atoms with Gasteiger partial charge in [-0.05, 0) is 40.3 Å². The Labute approximate surface area is 170 Å². The Morgan fingerprint density at radius 1 is 1.20 bits per heavy atom. The molecule has 12 heteroatoms. The number of tetrazole rings is 1. The topological polar surface area (TPSA) is 132 Å². The molecule has 3 aromatic heterocycles. The van der Waals surface area contributed by atoms with Gasteiger partial charge in [0.15, 0.2) is 5.65 Å². The second-order valence-corrected chi connectivity index (χ2v) is 6.28. The van der Waals surface area contributed by atoms with Crippen molar-refractivity contribution in [1.82, 2.24) is 39.9 Å². The van der Waals surface area contributed by atoms with Crippen molar-refractivity contribution in [2.24, 2.45) is 0 Å². The Hall–Kier alpha value is -4.19. The number of aromatic nitrogens is 7. The lowest BCUT2D eigenvalue weighted by Gasteiger charge is -2.14. The molecule has 30 heavy (non-hydrogen) atoms. The van der Waals surface area contributed by atoms with Crippen molar-refractivity contribution in [3.8, 4) is 11.1 Å². The number of pyridine rings is 1. The molecule has 152 valence electrons. The Bertz CT molecular complexity index is 1200. The molecular formula is C18H17N9O3. The lowest BCUT2D eigenvalue weighted by Crippen LogP contribution is -2.25. The summed E-state index contributed by atoms with van der Waals surface area (Å²) >= 11 is 0. The number of hydrogen-bond acceptors (Lipinski definition) is 8. The third-order valence-electron chi connectivity index (χ3n) is 4.28.